The fraction of sp³-hybridized carbons (Fsp3) is 0.333. The molecule has 1 saturated carbocycles. The fourth-order valence-corrected chi connectivity index (χ4v) is 14.5. The first-order valence-corrected chi connectivity index (χ1v) is 23.9. The number of furan rings is 1. The van der Waals surface area contributed by atoms with Crippen LogP contribution < -0.4 is 25.5 Å². The highest BCUT2D eigenvalue weighted by Gasteiger charge is 2.62. The second-order valence-corrected chi connectivity index (χ2v) is 23.5. The van der Waals surface area contributed by atoms with Crippen LogP contribution in [0.1, 0.15) is 123 Å². The Morgan fingerprint density at radius 3 is 2.18 bits per heavy atom. The van der Waals surface area contributed by atoms with Crippen LogP contribution in [0.3, 0.4) is 0 Å². The summed E-state index contributed by atoms with van der Waals surface area (Å²) in [6.07, 6.45) is 4.92. The largest absolute Gasteiger partial charge is 0.456 e. The number of nitrogens with zero attached hydrogens (tertiary/aromatic N) is 2. The molecule has 0 N–H and O–H groups in total. The molecule has 5 heteroatoms. The van der Waals surface area contributed by atoms with Gasteiger partial charge in [-0.3, -0.25) is 0 Å². The molecule has 62 heavy (non-hydrogen) atoms. The highest BCUT2D eigenvalue weighted by Crippen LogP contribution is 2.65. The first kappa shape index (κ1) is 37.3. The summed E-state index contributed by atoms with van der Waals surface area (Å²) >= 11 is 2.03. The second-order valence-electron chi connectivity index (χ2n) is 22.4. The summed E-state index contributed by atoms with van der Waals surface area (Å²) in [6, 6.07) is 40.2. The maximum absolute atomic E-state index is 6.51. The molecule has 0 saturated heterocycles. The van der Waals surface area contributed by atoms with Crippen molar-refractivity contribution in [3.05, 3.63) is 131 Å². The van der Waals surface area contributed by atoms with Crippen LogP contribution in [0.2, 0.25) is 0 Å². The molecule has 8 aromatic rings. The average molecular weight is 827 g/mol. The molecule has 0 amide bonds. The molecule has 308 valence electrons. The third-order valence-corrected chi connectivity index (χ3v) is 17.9. The number of para-hydroxylation sites is 1. The van der Waals surface area contributed by atoms with Crippen molar-refractivity contribution in [1.82, 2.24) is 0 Å². The Kier molecular flexibility index (Phi) is 7.01. The van der Waals surface area contributed by atoms with E-state index in [1.165, 1.54) is 113 Å². The zero-order valence-corrected chi connectivity index (χ0v) is 38.7. The molecule has 5 heterocycles. The lowest BCUT2D eigenvalue weighted by atomic mass is 9.35. The molecule has 13 rings (SSSR count). The second kappa shape index (κ2) is 11.7. The van der Waals surface area contributed by atoms with Crippen molar-refractivity contribution >= 4 is 94.2 Å². The molecule has 0 radical (unpaired) electrons. The quantitative estimate of drug-likeness (QED) is 0.154. The van der Waals surface area contributed by atoms with Crippen LogP contribution in [0.4, 0.5) is 28.4 Å². The minimum absolute atomic E-state index is 0.000853. The molecule has 2 unspecified atom stereocenters. The van der Waals surface area contributed by atoms with Crippen LogP contribution in [0, 0.1) is 0 Å². The molecule has 5 aliphatic rings. The summed E-state index contributed by atoms with van der Waals surface area (Å²) in [6.45, 7) is 24.6. The van der Waals surface area contributed by atoms with E-state index in [2.05, 4.69) is 182 Å². The molecule has 2 aromatic heterocycles. The summed E-state index contributed by atoms with van der Waals surface area (Å²) < 4.78 is 9.33. The Balaban J connectivity index is 1.24. The first-order chi connectivity index (χ1) is 29.5. The number of rotatable bonds is 1. The molecule has 0 spiro atoms. The van der Waals surface area contributed by atoms with Crippen LogP contribution in [-0.2, 0) is 21.7 Å². The van der Waals surface area contributed by atoms with Crippen molar-refractivity contribution in [3.8, 4) is 11.1 Å². The van der Waals surface area contributed by atoms with E-state index in [4.69, 9.17) is 4.42 Å². The highest BCUT2D eigenvalue weighted by molar-refractivity contribution is 7.33. The van der Waals surface area contributed by atoms with Gasteiger partial charge in [0.15, 0.2) is 0 Å². The van der Waals surface area contributed by atoms with E-state index >= 15 is 0 Å². The van der Waals surface area contributed by atoms with Crippen molar-refractivity contribution in [2.45, 2.75) is 122 Å². The number of fused-ring (bicyclic) bond motifs is 16. The van der Waals surface area contributed by atoms with Crippen molar-refractivity contribution < 1.29 is 4.42 Å². The van der Waals surface area contributed by atoms with Gasteiger partial charge in [0, 0.05) is 59.2 Å². The van der Waals surface area contributed by atoms with Gasteiger partial charge in [-0.05, 0) is 123 Å². The smallest absolute Gasteiger partial charge is 0.264 e. The van der Waals surface area contributed by atoms with E-state index in [9.17, 15) is 0 Å². The van der Waals surface area contributed by atoms with Gasteiger partial charge in [0.1, 0.15) is 11.2 Å². The lowest BCUT2D eigenvalue weighted by molar-refractivity contribution is 0.195. The lowest BCUT2D eigenvalue weighted by Crippen LogP contribution is -2.64. The topological polar surface area (TPSA) is 19.6 Å². The Hall–Kier alpha value is -5.26. The molecule has 3 nitrogen and oxygen atoms in total. The van der Waals surface area contributed by atoms with E-state index in [0.717, 1.165) is 21.9 Å². The maximum atomic E-state index is 6.51. The van der Waals surface area contributed by atoms with Crippen LogP contribution in [-0.4, -0.2) is 12.3 Å². The minimum atomic E-state index is -0.238. The van der Waals surface area contributed by atoms with Crippen LogP contribution in [0.15, 0.2) is 108 Å². The van der Waals surface area contributed by atoms with Crippen LogP contribution in [0.5, 0.6) is 0 Å². The van der Waals surface area contributed by atoms with Crippen molar-refractivity contribution in [2.75, 3.05) is 9.80 Å². The van der Waals surface area contributed by atoms with Crippen molar-refractivity contribution in [3.63, 3.8) is 0 Å². The van der Waals surface area contributed by atoms with Gasteiger partial charge in [-0.15, -0.1) is 11.3 Å². The number of hydrogen-bond acceptors (Lipinski definition) is 4. The monoisotopic (exact) mass is 826 g/mol. The number of thiophene rings is 1. The van der Waals surface area contributed by atoms with E-state index < -0.39 is 0 Å². The third-order valence-electron chi connectivity index (χ3n) is 16.7. The molecule has 0 bridgehead atoms. The molecular formula is C57H55BN2OS. The normalized spacial score (nSPS) is 21.6. The Morgan fingerprint density at radius 1 is 0.629 bits per heavy atom. The fourth-order valence-electron chi connectivity index (χ4n) is 13.2. The predicted molar refractivity (Wildman–Crippen MR) is 266 cm³/mol. The summed E-state index contributed by atoms with van der Waals surface area (Å²) in [5.41, 5.74) is 21.4. The van der Waals surface area contributed by atoms with E-state index in [0.29, 0.717) is 0 Å². The number of benzene rings is 6. The maximum Gasteiger partial charge on any atom is 0.264 e. The number of anilines is 5. The third kappa shape index (κ3) is 4.44. The van der Waals surface area contributed by atoms with Gasteiger partial charge in [0.25, 0.3) is 6.71 Å². The lowest BCUT2D eigenvalue weighted by Gasteiger charge is -2.53. The van der Waals surface area contributed by atoms with Gasteiger partial charge in [-0.1, -0.05) is 136 Å². The molecule has 6 aromatic carbocycles. The summed E-state index contributed by atoms with van der Waals surface area (Å²) in [7, 11) is 0. The number of hydrogen-bond donors (Lipinski definition) is 0. The van der Waals surface area contributed by atoms with Crippen LogP contribution in [0.25, 0.3) is 43.2 Å². The predicted octanol–water partition coefficient (Wildman–Crippen LogP) is 14.1. The Morgan fingerprint density at radius 2 is 1.37 bits per heavy atom. The molecule has 3 aliphatic heterocycles. The molecule has 2 aliphatic carbocycles. The zero-order valence-electron chi connectivity index (χ0n) is 37.9. The van der Waals surface area contributed by atoms with Gasteiger partial charge >= 0.3 is 0 Å². The van der Waals surface area contributed by atoms with Gasteiger partial charge < -0.3 is 14.2 Å². The highest BCUT2D eigenvalue weighted by atomic mass is 32.1. The standard InChI is InChI=1S/C57H55BN2OS/c1-53(2,3)32-21-24-46-39(27-32)49-52(62-46)58-42-29-33(54(4,5)6)28-41-50(42)60(57(10)26-16-15-25-56(41,57)9)43-31-38-35-17-11-13-19-40(35)55(7,8)47(38)51(48(43)58)59(49)34-22-23-45-37(30-34)36-18-12-14-20-44(36)61-45/h11-14,17-24,27-31H,15-16,25-26H2,1-10H3. The minimum Gasteiger partial charge on any atom is -0.456 e. The van der Waals surface area contributed by atoms with E-state index in [1.54, 1.807) is 5.56 Å². The van der Waals surface area contributed by atoms with Gasteiger partial charge in [-0.2, -0.15) is 0 Å². The zero-order chi connectivity index (χ0) is 42.6. The Bertz CT molecular complexity index is 3320. The van der Waals surface area contributed by atoms with Crippen molar-refractivity contribution in [2.24, 2.45) is 0 Å². The average Bonchev–Trinajstić information content (AvgIpc) is 3.93. The van der Waals surface area contributed by atoms with E-state index in [-0.39, 0.29) is 33.9 Å². The summed E-state index contributed by atoms with van der Waals surface area (Å²) in [5, 5.41) is 3.68. The summed E-state index contributed by atoms with van der Waals surface area (Å²) in [5.74, 6) is 0. The summed E-state index contributed by atoms with van der Waals surface area (Å²) in [4.78, 5) is 5.68. The SMILES string of the molecule is CC(C)(C)c1cc2c3c(c1)C1(C)CCCCC1(C)N3c1cc3c(c4c1B2c1sc2ccc(C(C)(C)C)cc2c1N4c1ccc2oc4ccccc4c2c1)C(C)(C)c1ccccc1-3. The van der Waals surface area contributed by atoms with Gasteiger partial charge in [0.2, 0.25) is 0 Å². The van der Waals surface area contributed by atoms with Gasteiger partial charge in [-0.25, -0.2) is 0 Å². The molecular weight excluding hydrogens is 772 g/mol. The van der Waals surface area contributed by atoms with Crippen molar-refractivity contribution in [1.29, 1.82) is 0 Å². The first-order valence-electron chi connectivity index (χ1n) is 23.1. The molecule has 2 atom stereocenters. The van der Waals surface area contributed by atoms with Gasteiger partial charge in [0.05, 0.1) is 11.2 Å². The van der Waals surface area contributed by atoms with E-state index in [1.807, 2.05) is 11.3 Å². The Labute approximate surface area is 370 Å². The van der Waals surface area contributed by atoms with Crippen LogP contribution >= 0.6 is 11.3 Å². The molecule has 1 fully saturated rings.